The van der Waals surface area contributed by atoms with Gasteiger partial charge in [0.05, 0.1) is 19.1 Å². The molecule has 1 N–H and O–H groups in total. The van der Waals surface area contributed by atoms with Gasteiger partial charge in [-0.05, 0) is 41.8 Å². The van der Waals surface area contributed by atoms with E-state index in [1.54, 1.807) is 6.26 Å². The van der Waals surface area contributed by atoms with E-state index in [-0.39, 0.29) is 0 Å². The molecule has 1 aromatic carbocycles. The van der Waals surface area contributed by atoms with Crippen LogP contribution in [0.15, 0.2) is 41.2 Å². The van der Waals surface area contributed by atoms with E-state index in [9.17, 15) is 0 Å². The van der Waals surface area contributed by atoms with Crippen molar-refractivity contribution in [2.45, 2.75) is 25.8 Å². The Morgan fingerprint density at radius 2 is 2.26 bits per heavy atom. The fraction of sp³-hybridized carbons (Fsp3) is 0.375. The Labute approximate surface area is 113 Å². The van der Waals surface area contributed by atoms with Crippen molar-refractivity contribution in [3.05, 3.63) is 53.5 Å². The quantitative estimate of drug-likeness (QED) is 0.893. The van der Waals surface area contributed by atoms with Crippen LogP contribution >= 0.6 is 0 Å². The molecular weight excluding hydrogens is 238 g/mol. The van der Waals surface area contributed by atoms with Gasteiger partial charge in [-0.15, -0.1) is 0 Å². The van der Waals surface area contributed by atoms with Gasteiger partial charge in [0, 0.05) is 12.5 Å². The van der Waals surface area contributed by atoms with E-state index in [2.05, 4.69) is 30.4 Å². The first-order valence-electron chi connectivity index (χ1n) is 6.87. The minimum atomic E-state index is 0.327. The summed E-state index contributed by atoms with van der Waals surface area (Å²) >= 11 is 0. The highest BCUT2D eigenvalue weighted by molar-refractivity contribution is 5.41. The molecule has 0 amide bonds. The Kier molecular flexibility index (Phi) is 3.56. The maximum atomic E-state index is 5.56. The van der Waals surface area contributed by atoms with Crippen molar-refractivity contribution in [3.63, 3.8) is 0 Å². The molecule has 0 saturated heterocycles. The van der Waals surface area contributed by atoms with Crippen LogP contribution in [-0.4, -0.2) is 13.2 Å². The van der Waals surface area contributed by atoms with Gasteiger partial charge < -0.3 is 14.5 Å². The van der Waals surface area contributed by atoms with Crippen molar-refractivity contribution in [2.24, 2.45) is 0 Å². The molecule has 0 radical (unpaired) electrons. The van der Waals surface area contributed by atoms with E-state index in [0.29, 0.717) is 6.04 Å². The molecule has 100 valence electrons. The van der Waals surface area contributed by atoms with Crippen LogP contribution in [0.2, 0.25) is 0 Å². The van der Waals surface area contributed by atoms with E-state index in [1.807, 2.05) is 12.3 Å². The van der Waals surface area contributed by atoms with Crippen LogP contribution < -0.4 is 10.1 Å². The molecule has 0 aliphatic carbocycles. The lowest BCUT2D eigenvalue weighted by Crippen LogP contribution is -2.22. The van der Waals surface area contributed by atoms with Crippen LogP contribution in [0.3, 0.4) is 0 Å². The van der Waals surface area contributed by atoms with E-state index in [4.69, 9.17) is 9.15 Å². The van der Waals surface area contributed by atoms with Gasteiger partial charge in [-0.3, -0.25) is 0 Å². The predicted octanol–water partition coefficient (Wildman–Crippen LogP) is 3.11. The summed E-state index contributed by atoms with van der Waals surface area (Å²) in [5.41, 5.74) is 3.88. The number of nitrogens with one attached hydrogen (secondary N) is 1. The first-order valence-corrected chi connectivity index (χ1v) is 6.87. The van der Waals surface area contributed by atoms with Crippen LogP contribution in [0.4, 0.5) is 0 Å². The summed E-state index contributed by atoms with van der Waals surface area (Å²) < 4.78 is 10.7. The third-order valence-electron chi connectivity index (χ3n) is 3.59. The molecule has 3 heteroatoms. The summed E-state index contributed by atoms with van der Waals surface area (Å²) in [6, 6.07) is 8.89. The maximum Gasteiger partial charge on any atom is 0.122 e. The van der Waals surface area contributed by atoms with Crippen LogP contribution in [0, 0.1) is 0 Å². The summed E-state index contributed by atoms with van der Waals surface area (Å²) in [5.74, 6) is 1.04. The number of rotatable bonds is 5. The molecule has 0 bridgehead atoms. The first kappa shape index (κ1) is 12.3. The maximum absolute atomic E-state index is 5.56. The Bertz CT molecular complexity index is 534. The third-order valence-corrected chi connectivity index (χ3v) is 3.59. The highest BCUT2D eigenvalue weighted by atomic mass is 16.5. The van der Waals surface area contributed by atoms with Gasteiger partial charge in [0.1, 0.15) is 5.75 Å². The molecule has 0 saturated carbocycles. The zero-order chi connectivity index (χ0) is 13.1. The summed E-state index contributed by atoms with van der Waals surface area (Å²) in [6.07, 6.45) is 5.52. The van der Waals surface area contributed by atoms with E-state index >= 15 is 0 Å². The lowest BCUT2D eigenvalue weighted by molar-refractivity contribution is 0.356. The average molecular weight is 257 g/mol. The Morgan fingerprint density at radius 1 is 1.32 bits per heavy atom. The molecule has 1 aliphatic rings. The molecular formula is C16H19NO2. The smallest absolute Gasteiger partial charge is 0.122 e. The highest BCUT2D eigenvalue weighted by Crippen LogP contribution is 2.29. The largest absolute Gasteiger partial charge is 0.493 e. The second kappa shape index (κ2) is 5.49. The van der Waals surface area contributed by atoms with E-state index < -0.39 is 0 Å². The molecule has 1 atom stereocenters. The number of furan rings is 1. The van der Waals surface area contributed by atoms with Crippen molar-refractivity contribution in [2.75, 3.05) is 13.2 Å². The standard InChI is InChI=1S/C16H19NO2/c1-2-17-15(9-12-5-7-18-11-12)13-3-4-16-14(10-13)6-8-19-16/h3-5,7,10-11,15,17H,2,6,8-9H2,1H3. The monoisotopic (exact) mass is 257 g/mol. The van der Waals surface area contributed by atoms with Crippen molar-refractivity contribution < 1.29 is 9.15 Å². The third kappa shape index (κ3) is 2.66. The van der Waals surface area contributed by atoms with Crippen LogP contribution in [0.5, 0.6) is 5.75 Å². The Morgan fingerprint density at radius 3 is 3.05 bits per heavy atom. The lowest BCUT2D eigenvalue weighted by atomic mass is 9.98. The molecule has 3 rings (SSSR count). The van der Waals surface area contributed by atoms with Gasteiger partial charge >= 0.3 is 0 Å². The molecule has 3 nitrogen and oxygen atoms in total. The molecule has 1 aromatic heterocycles. The second-order valence-electron chi connectivity index (χ2n) is 4.91. The average Bonchev–Trinajstić information content (AvgIpc) is 3.08. The fourth-order valence-electron chi connectivity index (χ4n) is 2.62. The van der Waals surface area contributed by atoms with Gasteiger partial charge in [0.2, 0.25) is 0 Å². The van der Waals surface area contributed by atoms with Gasteiger partial charge in [-0.25, -0.2) is 0 Å². The molecule has 1 aliphatic heterocycles. The van der Waals surface area contributed by atoms with Crippen molar-refractivity contribution in [1.29, 1.82) is 0 Å². The van der Waals surface area contributed by atoms with Crippen LogP contribution in [0.25, 0.3) is 0 Å². The van der Waals surface area contributed by atoms with Gasteiger partial charge in [0.25, 0.3) is 0 Å². The van der Waals surface area contributed by atoms with Gasteiger partial charge in [-0.1, -0.05) is 19.1 Å². The predicted molar refractivity (Wildman–Crippen MR) is 74.5 cm³/mol. The topological polar surface area (TPSA) is 34.4 Å². The molecule has 0 fully saturated rings. The van der Waals surface area contributed by atoms with E-state index in [1.165, 1.54) is 16.7 Å². The second-order valence-corrected chi connectivity index (χ2v) is 4.91. The lowest BCUT2D eigenvalue weighted by Gasteiger charge is -2.18. The zero-order valence-electron chi connectivity index (χ0n) is 11.2. The van der Waals surface area contributed by atoms with Gasteiger partial charge in [-0.2, -0.15) is 0 Å². The van der Waals surface area contributed by atoms with Crippen LogP contribution in [0.1, 0.15) is 29.7 Å². The molecule has 0 spiro atoms. The molecule has 2 heterocycles. The molecule has 2 aromatic rings. The van der Waals surface area contributed by atoms with Crippen molar-refractivity contribution in [3.8, 4) is 5.75 Å². The number of ether oxygens (including phenoxy) is 1. The first-order chi connectivity index (χ1) is 9.36. The fourth-order valence-corrected chi connectivity index (χ4v) is 2.62. The Balaban J connectivity index is 1.83. The summed E-state index contributed by atoms with van der Waals surface area (Å²) in [5, 5.41) is 3.55. The normalized spacial score (nSPS) is 15.0. The minimum Gasteiger partial charge on any atom is -0.493 e. The number of benzene rings is 1. The highest BCUT2D eigenvalue weighted by Gasteiger charge is 2.17. The van der Waals surface area contributed by atoms with Crippen LogP contribution in [-0.2, 0) is 12.8 Å². The van der Waals surface area contributed by atoms with Crippen molar-refractivity contribution >= 4 is 0 Å². The number of fused-ring (bicyclic) bond motifs is 1. The zero-order valence-corrected chi connectivity index (χ0v) is 11.2. The molecule has 1 unspecified atom stereocenters. The number of hydrogen-bond donors (Lipinski definition) is 1. The summed E-state index contributed by atoms with van der Waals surface area (Å²) in [4.78, 5) is 0. The number of hydrogen-bond acceptors (Lipinski definition) is 3. The Hall–Kier alpha value is -1.74. The SMILES string of the molecule is CCNC(Cc1ccoc1)c1ccc2c(c1)CCO2. The number of likely N-dealkylation sites (N-methyl/N-ethyl adjacent to an activating group) is 1. The summed E-state index contributed by atoms with van der Waals surface area (Å²) in [7, 11) is 0. The summed E-state index contributed by atoms with van der Waals surface area (Å²) in [6.45, 7) is 3.90. The van der Waals surface area contributed by atoms with Crippen molar-refractivity contribution in [1.82, 2.24) is 5.32 Å². The van der Waals surface area contributed by atoms with Gasteiger partial charge in [0.15, 0.2) is 0 Å². The van der Waals surface area contributed by atoms with E-state index in [0.717, 1.165) is 31.7 Å². The molecule has 19 heavy (non-hydrogen) atoms. The minimum absolute atomic E-state index is 0.327.